The molecule has 1 heterocycles. The van der Waals surface area contributed by atoms with Crippen molar-refractivity contribution >= 4 is 17.4 Å². The average molecular weight is 391 g/mol. The highest BCUT2D eigenvalue weighted by Crippen LogP contribution is 2.29. The molecule has 3 aromatic rings. The Bertz CT molecular complexity index is 945. The lowest BCUT2D eigenvalue weighted by Crippen LogP contribution is -2.14. The van der Waals surface area contributed by atoms with E-state index in [-0.39, 0.29) is 5.91 Å². The molecular weight excluding hydrogens is 366 g/mol. The van der Waals surface area contributed by atoms with Crippen molar-refractivity contribution in [1.82, 2.24) is 4.98 Å². The normalized spacial score (nSPS) is 10.3. The Morgan fingerprint density at radius 3 is 2.59 bits per heavy atom. The van der Waals surface area contributed by atoms with Crippen LogP contribution in [0.25, 0.3) is 0 Å². The second kappa shape index (κ2) is 10.1. The molecule has 0 spiro atoms. The Kier molecular flexibility index (Phi) is 7.05. The minimum Gasteiger partial charge on any atom is -0.497 e. The molecule has 6 heteroatoms. The van der Waals surface area contributed by atoms with Crippen molar-refractivity contribution in [1.29, 1.82) is 0 Å². The maximum Gasteiger partial charge on any atom is 0.255 e. The zero-order valence-corrected chi connectivity index (χ0v) is 16.6. The van der Waals surface area contributed by atoms with Gasteiger partial charge < -0.3 is 20.1 Å². The second-order valence-electron chi connectivity index (χ2n) is 6.47. The third-order valence-corrected chi connectivity index (χ3v) is 4.47. The summed E-state index contributed by atoms with van der Waals surface area (Å²) in [4.78, 5) is 17.0. The molecule has 0 saturated carbocycles. The number of anilines is 2. The van der Waals surface area contributed by atoms with Crippen molar-refractivity contribution < 1.29 is 14.3 Å². The summed E-state index contributed by atoms with van der Waals surface area (Å²) in [5, 5.41) is 6.15. The summed E-state index contributed by atoms with van der Waals surface area (Å²) in [7, 11) is 3.13. The maximum atomic E-state index is 12.7. The third-order valence-electron chi connectivity index (χ3n) is 4.47. The van der Waals surface area contributed by atoms with Crippen LogP contribution >= 0.6 is 0 Å². The molecule has 2 N–H and O–H groups in total. The standard InChI is InChI=1S/C23H25N3O3/c1-28-19-10-11-21(29-2)20(16-19)26-23(27)18-12-14-25-22(15-18)24-13-6-9-17-7-4-3-5-8-17/h3-5,7-8,10-12,14-16H,6,9,13H2,1-2H3,(H,24,25)(H,26,27). The molecule has 1 aromatic heterocycles. The number of pyridine rings is 1. The molecule has 6 nitrogen and oxygen atoms in total. The number of benzene rings is 2. The maximum absolute atomic E-state index is 12.7. The summed E-state index contributed by atoms with van der Waals surface area (Å²) in [6, 6.07) is 19.0. The molecule has 0 saturated heterocycles. The van der Waals surface area contributed by atoms with Crippen LogP contribution in [0.2, 0.25) is 0 Å². The molecule has 0 aliphatic rings. The first kappa shape index (κ1) is 20.2. The van der Waals surface area contributed by atoms with E-state index in [0.29, 0.717) is 28.6 Å². The fourth-order valence-electron chi connectivity index (χ4n) is 2.93. The lowest BCUT2D eigenvalue weighted by atomic mass is 10.1. The summed E-state index contributed by atoms with van der Waals surface area (Å²) >= 11 is 0. The zero-order valence-electron chi connectivity index (χ0n) is 16.6. The number of ether oxygens (including phenoxy) is 2. The lowest BCUT2D eigenvalue weighted by Gasteiger charge is -2.12. The highest BCUT2D eigenvalue weighted by atomic mass is 16.5. The summed E-state index contributed by atoms with van der Waals surface area (Å²) in [6.45, 7) is 0.774. The molecule has 0 atom stereocenters. The number of amides is 1. The van der Waals surface area contributed by atoms with Crippen molar-refractivity contribution in [2.45, 2.75) is 12.8 Å². The minimum atomic E-state index is -0.244. The van der Waals surface area contributed by atoms with Crippen molar-refractivity contribution in [2.75, 3.05) is 31.4 Å². The van der Waals surface area contributed by atoms with E-state index in [1.165, 1.54) is 5.56 Å². The van der Waals surface area contributed by atoms with E-state index in [9.17, 15) is 4.79 Å². The van der Waals surface area contributed by atoms with Gasteiger partial charge in [0.25, 0.3) is 5.91 Å². The number of carbonyl (C=O) groups is 1. The Morgan fingerprint density at radius 1 is 1.00 bits per heavy atom. The van der Waals surface area contributed by atoms with Crippen LogP contribution in [0.3, 0.4) is 0 Å². The molecule has 2 aromatic carbocycles. The summed E-state index contributed by atoms with van der Waals surface area (Å²) < 4.78 is 10.5. The number of nitrogens with one attached hydrogen (secondary N) is 2. The molecule has 3 rings (SSSR count). The van der Waals surface area contributed by atoms with Gasteiger partial charge in [-0.15, -0.1) is 0 Å². The van der Waals surface area contributed by atoms with Crippen LogP contribution in [0.5, 0.6) is 11.5 Å². The van der Waals surface area contributed by atoms with Gasteiger partial charge in [0.1, 0.15) is 17.3 Å². The van der Waals surface area contributed by atoms with E-state index in [1.807, 2.05) is 18.2 Å². The van der Waals surface area contributed by atoms with E-state index >= 15 is 0 Å². The van der Waals surface area contributed by atoms with E-state index in [2.05, 4.69) is 27.8 Å². The molecular formula is C23H25N3O3. The van der Waals surface area contributed by atoms with Gasteiger partial charge in [0.2, 0.25) is 0 Å². The van der Waals surface area contributed by atoms with Gasteiger partial charge >= 0.3 is 0 Å². The van der Waals surface area contributed by atoms with Crippen LogP contribution in [0, 0.1) is 0 Å². The second-order valence-corrected chi connectivity index (χ2v) is 6.47. The quantitative estimate of drug-likeness (QED) is 0.529. The van der Waals surface area contributed by atoms with E-state index in [1.54, 1.807) is 50.7 Å². The van der Waals surface area contributed by atoms with Crippen molar-refractivity contribution in [3.8, 4) is 11.5 Å². The van der Waals surface area contributed by atoms with E-state index in [4.69, 9.17) is 9.47 Å². The molecule has 0 unspecified atom stereocenters. The third kappa shape index (κ3) is 5.72. The van der Waals surface area contributed by atoms with Crippen LogP contribution in [0.1, 0.15) is 22.3 Å². The lowest BCUT2D eigenvalue weighted by molar-refractivity contribution is 0.102. The van der Waals surface area contributed by atoms with Crippen LogP contribution in [-0.2, 0) is 6.42 Å². The number of aryl methyl sites for hydroxylation is 1. The van der Waals surface area contributed by atoms with Gasteiger partial charge in [-0.05, 0) is 42.7 Å². The Balaban J connectivity index is 1.59. The average Bonchev–Trinajstić information content (AvgIpc) is 2.77. The number of hydrogen-bond donors (Lipinski definition) is 2. The zero-order chi connectivity index (χ0) is 20.5. The van der Waals surface area contributed by atoms with Crippen molar-refractivity contribution in [3.63, 3.8) is 0 Å². The summed E-state index contributed by atoms with van der Waals surface area (Å²) in [6.07, 6.45) is 3.59. The van der Waals surface area contributed by atoms with Gasteiger partial charge in [-0.2, -0.15) is 0 Å². The monoisotopic (exact) mass is 391 g/mol. The number of methoxy groups -OCH3 is 2. The van der Waals surface area contributed by atoms with E-state index in [0.717, 1.165) is 19.4 Å². The molecule has 0 aliphatic heterocycles. The Labute approximate surface area is 170 Å². The first-order valence-corrected chi connectivity index (χ1v) is 9.47. The Hall–Kier alpha value is -3.54. The number of nitrogens with zero attached hydrogens (tertiary/aromatic N) is 1. The molecule has 0 bridgehead atoms. The molecule has 0 fully saturated rings. The van der Waals surface area contributed by atoms with Crippen LogP contribution in [0.4, 0.5) is 11.5 Å². The van der Waals surface area contributed by atoms with Crippen molar-refractivity contribution in [3.05, 3.63) is 78.0 Å². The number of carbonyl (C=O) groups excluding carboxylic acids is 1. The minimum absolute atomic E-state index is 0.244. The highest BCUT2D eigenvalue weighted by molar-refractivity contribution is 6.05. The van der Waals surface area contributed by atoms with Crippen LogP contribution in [-0.4, -0.2) is 31.7 Å². The van der Waals surface area contributed by atoms with Gasteiger partial charge in [0, 0.05) is 24.4 Å². The Morgan fingerprint density at radius 2 is 1.83 bits per heavy atom. The fourth-order valence-corrected chi connectivity index (χ4v) is 2.93. The predicted octanol–water partition coefficient (Wildman–Crippen LogP) is 4.40. The molecule has 1 amide bonds. The highest BCUT2D eigenvalue weighted by Gasteiger charge is 2.12. The van der Waals surface area contributed by atoms with Gasteiger partial charge in [-0.1, -0.05) is 30.3 Å². The largest absolute Gasteiger partial charge is 0.497 e. The number of aromatic nitrogens is 1. The number of hydrogen-bond acceptors (Lipinski definition) is 5. The van der Waals surface area contributed by atoms with Crippen LogP contribution < -0.4 is 20.1 Å². The van der Waals surface area contributed by atoms with Gasteiger partial charge in [0.05, 0.1) is 19.9 Å². The first-order valence-electron chi connectivity index (χ1n) is 9.47. The van der Waals surface area contributed by atoms with Crippen LogP contribution in [0.15, 0.2) is 66.9 Å². The summed E-state index contributed by atoms with van der Waals surface area (Å²) in [5.74, 6) is 1.62. The van der Waals surface area contributed by atoms with Gasteiger partial charge in [-0.25, -0.2) is 4.98 Å². The van der Waals surface area contributed by atoms with E-state index < -0.39 is 0 Å². The molecule has 29 heavy (non-hydrogen) atoms. The topological polar surface area (TPSA) is 72.5 Å². The summed E-state index contributed by atoms with van der Waals surface area (Å²) in [5.41, 5.74) is 2.36. The first-order chi connectivity index (χ1) is 14.2. The van der Waals surface area contributed by atoms with Crippen molar-refractivity contribution in [2.24, 2.45) is 0 Å². The molecule has 0 radical (unpaired) electrons. The van der Waals surface area contributed by atoms with Gasteiger partial charge in [-0.3, -0.25) is 4.79 Å². The predicted molar refractivity (Wildman–Crippen MR) is 115 cm³/mol. The van der Waals surface area contributed by atoms with Gasteiger partial charge in [0.15, 0.2) is 0 Å². The SMILES string of the molecule is COc1ccc(OC)c(NC(=O)c2ccnc(NCCCc3ccccc3)c2)c1. The molecule has 0 aliphatic carbocycles. The molecule has 150 valence electrons. The number of rotatable bonds is 9. The fraction of sp³-hybridized carbons (Fsp3) is 0.217. The smallest absolute Gasteiger partial charge is 0.255 e.